The molecule has 8 heteroatoms. The van der Waals surface area contributed by atoms with Crippen LogP contribution in [0.15, 0.2) is 46.9 Å². The van der Waals surface area contributed by atoms with E-state index in [0.29, 0.717) is 5.69 Å². The Kier molecular flexibility index (Phi) is 7.38. The van der Waals surface area contributed by atoms with Crippen molar-refractivity contribution in [2.45, 2.75) is 19.9 Å². The summed E-state index contributed by atoms with van der Waals surface area (Å²) in [5.74, 6) is -1.72. The molecule has 2 N–H and O–H groups in total. The molecule has 2 rings (SSSR count). The second-order valence-electron chi connectivity index (χ2n) is 5.81. The summed E-state index contributed by atoms with van der Waals surface area (Å²) in [7, 11) is 0. The second kappa shape index (κ2) is 9.53. The minimum absolute atomic E-state index is 0.251. The standard InChI is InChI=1S/C19H18BrClN2O4/c1-11-7-8-16(14(20)9-11)23-17(24)10-27-19(26)12(2)22-18(25)13-5-3-4-6-15(13)21/h3-9,12H,10H2,1-2H3,(H,22,25)(H,23,24). The molecule has 2 aromatic carbocycles. The van der Waals surface area contributed by atoms with Gasteiger partial charge in [0.2, 0.25) is 0 Å². The Hall–Kier alpha value is -2.38. The zero-order valence-corrected chi connectivity index (χ0v) is 17.1. The lowest BCUT2D eigenvalue weighted by atomic mass is 10.2. The molecule has 1 atom stereocenters. The van der Waals surface area contributed by atoms with Gasteiger partial charge in [-0.3, -0.25) is 9.59 Å². The summed E-state index contributed by atoms with van der Waals surface area (Å²) in [6, 6.07) is 11.0. The van der Waals surface area contributed by atoms with E-state index in [4.69, 9.17) is 16.3 Å². The summed E-state index contributed by atoms with van der Waals surface area (Å²) in [5, 5.41) is 5.40. The van der Waals surface area contributed by atoms with Crippen LogP contribution in [-0.4, -0.2) is 30.4 Å². The first-order chi connectivity index (χ1) is 12.8. The van der Waals surface area contributed by atoms with Crippen LogP contribution in [0.3, 0.4) is 0 Å². The number of esters is 1. The van der Waals surface area contributed by atoms with E-state index in [1.165, 1.54) is 6.92 Å². The summed E-state index contributed by atoms with van der Waals surface area (Å²) in [5.41, 5.74) is 1.86. The Labute approximate surface area is 170 Å². The number of anilines is 1. The molecule has 0 aliphatic rings. The predicted octanol–water partition coefficient (Wildman–Crippen LogP) is 3.71. The Morgan fingerprint density at radius 3 is 2.56 bits per heavy atom. The van der Waals surface area contributed by atoms with Crippen molar-refractivity contribution < 1.29 is 19.1 Å². The van der Waals surface area contributed by atoms with Gasteiger partial charge in [-0.25, -0.2) is 4.79 Å². The molecule has 0 aromatic heterocycles. The van der Waals surface area contributed by atoms with Gasteiger partial charge in [0.05, 0.1) is 16.3 Å². The average Bonchev–Trinajstić information content (AvgIpc) is 2.62. The van der Waals surface area contributed by atoms with Gasteiger partial charge in [0.25, 0.3) is 11.8 Å². The van der Waals surface area contributed by atoms with Crippen molar-refractivity contribution in [2.24, 2.45) is 0 Å². The molecular formula is C19H18BrClN2O4. The number of aryl methyl sites for hydroxylation is 1. The minimum Gasteiger partial charge on any atom is -0.454 e. The van der Waals surface area contributed by atoms with Gasteiger partial charge in [0.1, 0.15) is 6.04 Å². The van der Waals surface area contributed by atoms with E-state index in [-0.39, 0.29) is 10.6 Å². The summed E-state index contributed by atoms with van der Waals surface area (Å²) < 4.78 is 5.68. The number of amides is 2. The first-order valence-corrected chi connectivity index (χ1v) is 9.23. The predicted molar refractivity (Wildman–Crippen MR) is 107 cm³/mol. The summed E-state index contributed by atoms with van der Waals surface area (Å²) in [6.07, 6.45) is 0. The van der Waals surface area contributed by atoms with E-state index < -0.39 is 30.4 Å². The monoisotopic (exact) mass is 452 g/mol. The van der Waals surface area contributed by atoms with Crippen LogP contribution >= 0.6 is 27.5 Å². The smallest absolute Gasteiger partial charge is 0.328 e. The van der Waals surface area contributed by atoms with Crippen LogP contribution in [0.1, 0.15) is 22.8 Å². The van der Waals surface area contributed by atoms with Crippen molar-refractivity contribution in [1.82, 2.24) is 5.32 Å². The topological polar surface area (TPSA) is 84.5 Å². The third-order valence-electron chi connectivity index (χ3n) is 3.56. The molecule has 0 heterocycles. The van der Waals surface area contributed by atoms with Gasteiger partial charge in [-0.05, 0) is 59.6 Å². The van der Waals surface area contributed by atoms with Crippen LogP contribution in [0, 0.1) is 6.92 Å². The van der Waals surface area contributed by atoms with Gasteiger partial charge in [0.15, 0.2) is 6.61 Å². The molecule has 0 saturated heterocycles. The normalized spacial score (nSPS) is 11.4. The maximum Gasteiger partial charge on any atom is 0.328 e. The van der Waals surface area contributed by atoms with E-state index >= 15 is 0 Å². The van der Waals surface area contributed by atoms with Gasteiger partial charge in [-0.15, -0.1) is 0 Å². The minimum atomic E-state index is -0.937. The van der Waals surface area contributed by atoms with E-state index in [0.717, 1.165) is 10.0 Å². The number of hydrogen-bond acceptors (Lipinski definition) is 4. The summed E-state index contributed by atoms with van der Waals surface area (Å²) in [4.78, 5) is 36.1. The Bertz CT molecular complexity index is 873. The third-order valence-corrected chi connectivity index (χ3v) is 4.55. The largest absolute Gasteiger partial charge is 0.454 e. The molecule has 1 unspecified atom stereocenters. The Morgan fingerprint density at radius 1 is 1.19 bits per heavy atom. The van der Waals surface area contributed by atoms with Gasteiger partial charge in [0, 0.05) is 4.47 Å². The molecule has 0 spiro atoms. The molecule has 0 fully saturated rings. The van der Waals surface area contributed by atoms with Crippen LogP contribution in [0.2, 0.25) is 5.02 Å². The van der Waals surface area contributed by atoms with Crippen LogP contribution in [-0.2, 0) is 14.3 Å². The van der Waals surface area contributed by atoms with Crippen molar-refractivity contribution in [3.8, 4) is 0 Å². The lowest BCUT2D eigenvalue weighted by Crippen LogP contribution is -2.40. The van der Waals surface area contributed by atoms with Crippen LogP contribution in [0.4, 0.5) is 5.69 Å². The first kappa shape index (κ1) is 20.9. The number of rotatable bonds is 6. The molecule has 0 saturated carbocycles. The highest BCUT2D eigenvalue weighted by atomic mass is 79.9. The molecule has 142 valence electrons. The van der Waals surface area contributed by atoms with Crippen LogP contribution in [0.25, 0.3) is 0 Å². The van der Waals surface area contributed by atoms with Crippen molar-refractivity contribution in [2.75, 3.05) is 11.9 Å². The quantitative estimate of drug-likeness (QED) is 0.653. The van der Waals surface area contributed by atoms with E-state index in [9.17, 15) is 14.4 Å². The fraction of sp³-hybridized carbons (Fsp3) is 0.211. The van der Waals surface area contributed by atoms with E-state index in [1.807, 2.05) is 19.1 Å². The van der Waals surface area contributed by atoms with Crippen molar-refractivity contribution in [3.05, 3.63) is 63.1 Å². The zero-order chi connectivity index (χ0) is 20.0. The number of hydrogen-bond donors (Lipinski definition) is 2. The fourth-order valence-electron chi connectivity index (χ4n) is 2.15. The third kappa shape index (κ3) is 6.08. The number of nitrogens with one attached hydrogen (secondary N) is 2. The molecule has 0 aliphatic carbocycles. The Balaban J connectivity index is 1.84. The number of carbonyl (C=O) groups is 3. The molecule has 6 nitrogen and oxygen atoms in total. The maximum atomic E-state index is 12.1. The lowest BCUT2D eigenvalue weighted by molar-refractivity contribution is -0.148. The Morgan fingerprint density at radius 2 is 1.89 bits per heavy atom. The highest BCUT2D eigenvalue weighted by Gasteiger charge is 2.20. The van der Waals surface area contributed by atoms with Crippen molar-refractivity contribution >= 4 is 51.0 Å². The highest BCUT2D eigenvalue weighted by molar-refractivity contribution is 9.10. The van der Waals surface area contributed by atoms with E-state index in [1.54, 1.807) is 30.3 Å². The van der Waals surface area contributed by atoms with E-state index in [2.05, 4.69) is 26.6 Å². The average molecular weight is 454 g/mol. The summed E-state index contributed by atoms with van der Waals surface area (Å²) >= 11 is 9.30. The first-order valence-electron chi connectivity index (χ1n) is 8.06. The number of ether oxygens (including phenoxy) is 1. The summed E-state index contributed by atoms with van der Waals surface area (Å²) in [6.45, 7) is 2.92. The molecule has 0 radical (unpaired) electrons. The second-order valence-corrected chi connectivity index (χ2v) is 7.08. The molecule has 0 aliphatic heterocycles. The lowest BCUT2D eigenvalue weighted by Gasteiger charge is -2.14. The molecule has 0 bridgehead atoms. The molecular weight excluding hydrogens is 436 g/mol. The van der Waals surface area contributed by atoms with Crippen molar-refractivity contribution in [3.63, 3.8) is 0 Å². The molecule has 27 heavy (non-hydrogen) atoms. The highest BCUT2D eigenvalue weighted by Crippen LogP contribution is 2.23. The SMILES string of the molecule is Cc1ccc(NC(=O)COC(=O)C(C)NC(=O)c2ccccc2Cl)c(Br)c1. The molecule has 2 aromatic rings. The van der Waals surface area contributed by atoms with Crippen LogP contribution in [0.5, 0.6) is 0 Å². The number of benzene rings is 2. The number of carbonyl (C=O) groups excluding carboxylic acids is 3. The van der Waals surface area contributed by atoms with Gasteiger partial charge in [-0.1, -0.05) is 29.8 Å². The molecule has 2 amide bonds. The van der Waals surface area contributed by atoms with Crippen LogP contribution < -0.4 is 10.6 Å². The number of halogens is 2. The van der Waals surface area contributed by atoms with Gasteiger partial charge in [-0.2, -0.15) is 0 Å². The zero-order valence-electron chi connectivity index (χ0n) is 14.7. The fourth-order valence-corrected chi connectivity index (χ4v) is 2.96. The maximum absolute atomic E-state index is 12.1. The van der Waals surface area contributed by atoms with Gasteiger partial charge >= 0.3 is 5.97 Å². The van der Waals surface area contributed by atoms with Crippen molar-refractivity contribution in [1.29, 1.82) is 0 Å². The van der Waals surface area contributed by atoms with Gasteiger partial charge < -0.3 is 15.4 Å².